The lowest BCUT2D eigenvalue weighted by atomic mass is 9.46. The van der Waals surface area contributed by atoms with Crippen LogP contribution in [-0.2, 0) is 4.74 Å². The van der Waals surface area contributed by atoms with Gasteiger partial charge in [0.05, 0.1) is 12.2 Å². The second-order valence-electron chi connectivity index (χ2n) is 12.7. The third kappa shape index (κ3) is 2.75. The number of hydrogen-bond donors (Lipinski definition) is 2. The molecule has 0 bridgehead atoms. The molecule has 5 rings (SSSR count). The van der Waals surface area contributed by atoms with Gasteiger partial charge in [-0.25, -0.2) is 0 Å². The fourth-order valence-electron chi connectivity index (χ4n) is 8.78. The van der Waals surface area contributed by atoms with Crippen molar-refractivity contribution < 1.29 is 14.9 Å². The Kier molecular flexibility index (Phi) is 4.96. The lowest BCUT2D eigenvalue weighted by molar-refractivity contribution is -0.0229. The first-order chi connectivity index (χ1) is 14.5. The first-order valence-electron chi connectivity index (χ1n) is 12.9. The van der Waals surface area contributed by atoms with E-state index in [2.05, 4.69) is 59.8 Å². The lowest BCUT2D eigenvalue weighted by Crippen LogP contribution is -2.58. The summed E-state index contributed by atoms with van der Waals surface area (Å²) < 4.78 is 6.92. The van der Waals surface area contributed by atoms with Gasteiger partial charge in [-0.15, -0.1) is 0 Å². The zero-order chi connectivity index (χ0) is 22.4. The summed E-state index contributed by atoms with van der Waals surface area (Å²) >= 11 is 0. The maximum atomic E-state index is 11.5. The largest absolute Gasteiger partial charge is 0.393 e. The molecular formula is C28H44O3. The van der Waals surface area contributed by atoms with E-state index in [1.165, 1.54) is 5.57 Å². The Morgan fingerprint density at radius 1 is 1.06 bits per heavy atom. The van der Waals surface area contributed by atoms with Crippen molar-refractivity contribution >= 4 is 0 Å². The van der Waals surface area contributed by atoms with E-state index in [0.29, 0.717) is 23.7 Å². The molecule has 10 atom stereocenters. The van der Waals surface area contributed by atoms with E-state index in [0.717, 1.165) is 44.9 Å². The average Bonchev–Trinajstić information content (AvgIpc) is 3.33. The number of ether oxygens (including phenoxy) is 1. The Labute approximate surface area is 189 Å². The van der Waals surface area contributed by atoms with Crippen LogP contribution in [0.4, 0.5) is 0 Å². The summed E-state index contributed by atoms with van der Waals surface area (Å²) in [5.74, 6) is 2.45. The molecule has 0 aromatic heterocycles. The van der Waals surface area contributed by atoms with Crippen molar-refractivity contribution in [3.8, 4) is 0 Å². The van der Waals surface area contributed by atoms with Crippen LogP contribution in [0.2, 0.25) is 0 Å². The van der Waals surface area contributed by atoms with Crippen LogP contribution in [-0.4, -0.2) is 33.6 Å². The van der Waals surface area contributed by atoms with Gasteiger partial charge >= 0.3 is 0 Å². The van der Waals surface area contributed by atoms with Gasteiger partial charge in [0.25, 0.3) is 0 Å². The molecule has 0 spiro atoms. The minimum Gasteiger partial charge on any atom is -0.393 e. The molecule has 1 aliphatic heterocycles. The highest BCUT2D eigenvalue weighted by atomic mass is 16.6. The molecule has 4 aliphatic carbocycles. The highest BCUT2D eigenvalue weighted by Crippen LogP contribution is 2.80. The van der Waals surface area contributed by atoms with Crippen molar-refractivity contribution in [3.05, 3.63) is 23.8 Å². The van der Waals surface area contributed by atoms with E-state index in [1.807, 2.05) is 0 Å². The molecule has 2 N–H and O–H groups in total. The summed E-state index contributed by atoms with van der Waals surface area (Å²) in [5.41, 5.74) is 1.27. The van der Waals surface area contributed by atoms with Crippen molar-refractivity contribution in [2.24, 2.45) is 40.4 Å². The van der Waals surface area contributed by atoms with Gasteiger partial charge in [0.1, 0.15) is 11.2 Å². The molecule has 3 saturated carbocycles. The van der Waals surface area contributed by atoms with E-state index in [1.54, 1.807) is 0 Å². The minimum absolute atomic E-state index is 0.0296. The number of fused-ring (bicyclic) bond motifs is 2. The van der Waals surface area contributed by atoms with Crippen LogP contribution in [0, 0.1) is 40.4 Å². The molecule has 0 radical (unpaired) electrons. The van der Waals surface area contributed by atoms with Gasteiger partial charge in [0, 0.05) is 11.3 Å². The Bertz CT molecular complexity index is 800. The molecular weight excluding hydrogens is 384 g/mol. The second kappa shape index (κ2) is 6.93. The predicted molar refractivity (Wildman–Crippen MR) is 124 cm³/mol. The van der Waals surface area contributed by atoms with Crippen molar-refractivity contribution in [2.45, 2.75) is 110 Å². The maximum absolute atomic E-state index is 11.5. The van der Waals surface area contributed by atoms with Gasteiger partial charge < -0.3 is 14.9 Å². The van der Waals surface area contributed by atoms with Crippen LogP contribution >= 0.6 is 0 Å². The Morgan fingerprint density at radius 3 is 2.52 bits per heavy atom. The van der Waals surface area contributed by atoms with E-state index in [9.17, 15) is 10.2 Å². The van der Waals surface area contributed by atoms with Crippen LogP contribution in [0.1, 0.15) is 86.5 Å². The third-order valence-corrected chi connectivity index (χ3v) is 11.0. The summed E-state index contributed by atoms with van der Waals surface area (Å²) in [4.78, 5) is 0. The average molecular weight is 429 g/mol. The fourth-order valence-corrected chi connectivity index (χ4v) is 8.78. The van der Waals surface area contributed by atoms with Crippen LogP contribution in [0.5, 0.6) is 0 Å². The zero-order valence-electron chi connectivity index (χ0n) is 20.5. The quantitative estimate of drug-likeness (QED) is 0.449. The lowest BCUT2D eigenvalue weighted by Gasteiger charge is -2.54. The molecule has 5 aliphatic rings. The minimum atomic E-state index is -0.275. The van der Waals surface area contributed by atoms with Gasteiger partial charge in [0.2, 0.25) is 0 Å². The van der Waals surface area contributed by atoms with E-state index < -0.39 is 0 Å². The standard InChI is InChI=1S/C28H44O3/c1-17(2)18(3)7-8-19(4)22-16-23(30)24-25(22,5)13-14-28-26(6)11-10-21(29)15-20(26)9-12-27(24,28)31-28/h7-9,17-19,21-24,29-30H,10-16H2,1-6H3. The van der Waals surface area contributed by atoms with Gasteiger partial charge in [-0.05, 0) is 74.0 Å². The summed E-state index contributed by atoms with van der Waals surface area (Å²) in [6, 6.07) is 0. The Balaban J connectivity index is 1.45. The predicted octanol–water partition coefficient (Wildman–Crippen LogP) is 5.66. The molecule has 0 aromatic carbocycles. The van der Waals surface area contributed by atoms with Crippen molar-refractivity contribution in [1.29, 1.82) is 0 Å². The molecule has 10 unspecified atom stereocenters. The summed E-state index contributed by atoms with van der Waals surface area (Å²) in [7, 11) is 0. The van der Waals surface area contributed by atoms with Gasteiger partial charge in [-0.3, -0.25) is 0 Å². The molecule has 3 heteroatoms. The molecule has 1 saturated heterocycles. The van der Waals surface area contributed by atoms with Crippen LogP contribution in [0.15, 0.2) is 23.8 Å². The smallest absolute Gasteiger partial charge is 0.108 e. The van der Waals surface area contributed by atoms with E-state index >= 15 is 0 Å². The summed E-state index contributed by atoms with van der Waals surface area (Å²) in [5, 5.41) is 21.7. The molecule has 174 valence electrons. The van der Waals surface area contributed by atoms with Gasteiger partial charge in [0.15, 0.2) is 0 Å². The van der Waals surface area contributed by atoms with Gasteiger partial charge in [-0.1, -0.05) is 65.3 Å². The Hall–Kier alpha value is -0.640. The van der Waals surface area contributed by atoms with Crippen molar-refractivity contribution in [3.63, 3.8) is 0 Å². The summed E-state index contributed by atoms with van der Waals surface area (Å²) in [6.07, 6.45) is 13.5. The number of aliphatic hydroxyl groups excluding tert-OH is 2. The van der Waals surface area contributed by atoms with Crippen LogP contribution in [0.25, 0.3) is 0 Å². The number of allylic oxidation sites excluding steroid dienone is 2. The summed E-state index contributed by atoms with van der Waals surface area (Å²) in [6.45, 7) is 14.1. The fraction of sp³-hybridized carbons (Fsp3) is 0.857. The molecule has 3 nitrogen and oxygen atoms in total. The zero-order valence-corrected chi connectivity index (χ0v) is 20.5. The topological polar surface area (TPSA) is 53.0 Å². The Morgan fingerprint density at radius 2 is 1.81 bits per heavy atom. The molecule has 31 heavy (non-hydrogen) atoms. The number of aliphatic hydroxyl groups is 2. The molecule has 4 fully saturated rings. The van der Waals surface area contributed by atoms with Gasteiger partial charge in [-0.2, -0.15) is 0 Å². The highest BCUT2D eigenvalue weighted by molar-refractivity contribution is 5.43. The van der Waals surface area contributed by atoms with Crippen molar-refractivity contribution in [2.75, 3.05) is 0 Å². The van der Waals surface area contributed by atoms with Crippen LogP contribution < -0.4 is 0 Å². The normalized spacial score (nSPS) is 52.7. The molecule has 0 amide bonds. The SMILES string of the molecule is CC(C)C(C)C=CC(C)C1CC(O)C2C1(C)CCC13OC21CC=C1CC(O)CCC13C. The number of epoxide rings is 1. The first-order valence-corrected chi connectivity index (χ1v) is 12.9. The monoisotopic (exact) mass is 428 g/mol. The van der Waals surface area contributed by atoms with Crippen molar-refractivity contribution in [1.82, 2.24) is 0 Å². The number of hydrogen-bond acceptors (Lipinski definition) is 3. The third-order valence-electron chi connectivity index (χ3n) is 11.0. The number of rotatable bonds is 4. The second-order valence-corrected chi connectivity index (χ2v) is 12.7. The van der Waals surface area contributed by atoms with E-state index in [-0.39, 0.29) is 40.2 Å². The van der Waals surface area contributed by atoms with Crippen LogP contribution in [0.3, 0.4) is 0 Å². The highest BCUT2D eigenvalue weighted by Gasteiger charge is 2.86. The maximum Gasteiger partial charge on any atom is 0.108 e. The van der Waals surface area contributed by atoms with E-state index in [4.69, 9.17) is 4.74 Å². The first kappa shape index (κ1) is 22.2. The molecule has 0 aromatic rings. The molecule has 1 heterocycles.